The minimum absolute atomic E-state index is 0.158. The highest BCUT2D eigenvalue weighted by molar-refractivity contribution is 6.10. The number of carbonyl (C=O) groups excluding carboxylic acids is 1. The van der Waals surface area contributed by atoms with Crippen LogP contribution in [-0.2, 0) is 10.3 Å². The Morgan fingerprint density at radius 2 is 1.97 bits per heavy atom. The van der Waals surface area contributed by atoms with Gasteiger partial charge in [0.2, 0.25) is 5.91 Å². The largest absolute Gasteiger partial charge is 0.495 e. The standard InChI is InChI=1S/C27H27FN4O2/c1-18-16-31(17-29-18)23-11-6-19(14-24(23)34-3)13-20-5-4-12-32-26(20)30-25(33)15-27(32,2)21-7-9-22(28)10-8-21/h6-11,13-14,16-17H,4-5,12,15H2,1-3H3. The second-order valence-corrected chi connectivity index (χ2v) is 9.07. The Morgan fingerprint density at radius 3 is 2.68 bits per heavy atom. The van der Waals surface area contributed by atoms with Crippen LogP contribution in [0, 0.1) is 12.7 Å². The summed E-state index contributed by atoms with van der Waals surface area (Å²) >= 11 is 0. The number of hydrogen-bond donors (Lipinski definition) is 0. The quantitative estimate of drug-likeness (QED) is 0.549. The number of fused-ring (bicyclic) bond motifs is 1. The molecule has 34 heavy (non-hydrogen) atoms. The van der Waals surface area contributed by atoms with Crippen molar-refractivity contribution in [2.45, 2.75) is 38.6 Å². The summed E-state index contributed by atoms with van der Waals surface area (Å²) in [7, 11) is 1.65. The highest BCUT2D eigenvalue weighted by Crippen LogP contribution is 2.40. The fraction of sp³-hybridized carbons (Fsp3) is 0.296. The van der Waals surface area contributed by atoms with E-state index < -0.39 is 5.54 Å². The van der Waals surface area contributed by atoms with E-state index >= 15 is 0 Å². The molecule has 0 spiro atoms. The molecular weight excluding hydrogens is 431 g/mol. The number of rotatable bonds is 4. The van der Waals surface area contributed by atoms with Gasteiger partial charge in [0.25, 0.3) is 0 Å². The number of benzene rings is 2. The van der Waals surface area contributed by atoms with Gasteiger partial charge in [0, 0.05) is 12.7 Å². The minimum atomic E-state index is -0.567. The lowest BCUT2D eigenvalue weighted by molar-refractivity contribution is -0.121. The van der Waals surface area contributed by atoms with Crippen LogP contribution in [0.15, 0.2) is 65.6 Å². The predicted molar refractivity (Wildman–Crippen MR) is 130 cm³/mol. The molecule has 2 aliphatic rings. The molecule has 2 aromatic carbocycles. The molecule has 3 aromatic rings. The number of ether oxygens (including phenoxy) is 1. The van der Waals surface area contributed by atoms with E-state index in [0.29, 0.717) is 5.84 Å². The van der Waals surface area contributed by atoms with E-state index in [1.54, 1.807) is 25.6 Å². The molecule has 0 aliphatic carbocycles. The Morgan fingerprint density at radius 1 is 1.18 bits per heavy atom. The summed E-state index contributed by atoms with van der Waals surface area (Å²) in [4.78, 5) is 23.7. The zero-order chi connectivity index (χ0) is 23.9. The van der Waals surface area contributed by atoms with Gasteiger partial charge in [-0.1, -0.05) is 18.2 Å². The number of aryl methyl sites for hydroxylation is 1. The second-order valence-electron chi connectivity index (χ2n) is 9.07. The van der Waals surface area contributed by atoms with Crippen LogP contribution in [-0.4, -0.2) is 39.8 Å². The van der Waals surface area contributed by atoms with Crippen LogP contribution in [0.25, 0.3) is 11.8 Å². The monoisotopic (exact) mass is 458 g/mol. The van der Waals surface area contributed by atoms with Crippen molar-refractivity contribution >= 4 is 17.8 Å². The molecule has 1 unspecified atom stereocenters. The molecule has 1 atom stereocenters. The van der Waals surface area contributed by atoms with Gasteiger partial charge in [-0.25, -0.2) is 9.37 Å². The van der Waals surface area contributed by atoms with Crippen LogP contribution < -0.4 is 4.74 Å². The Hall–Kier alpha value is -3.74. The van der Waals surface area contributed by atoms with Gasteiger partial charge in [-0.3, -0.25) is 4.79 Å². The molecule has 0 radical (unpaired) electrons. The summed E-state index contributed by atoms with van der Waals surface area (Å²) in [5.41, 5.74) is 4.17. The molecule has 5 rings (SSSR count). The Kier molecular flexibility index (Phi) is 5.55. The summed E-state index contributed by atoms with van der Waals surface area (Å²) in [6.07, 6.45) is 7.84. The van der Waals surface area contributed by atoms with Crippen LogP contribution in [0.2, 0.25) is 0 Å². The minimum Gasteiger partial charge on any atom is -0.495 e. The van der Waals surface area contributed by atoms with Crippen LogP contribution >= 0.6 is 0 Å². The fourth-order valence-corrected chi connectivity index (χ4v) is 4.93. The second kappa shape index (κ2) is 8.56. The zero-order valence-corrected chi connectivity index (χ0v) is 19.6. The molecule has 0 bridgehead atoms. The van der Waals surface area contributed by atoms with Gasteiger partial charge in [0.15, 0.2) is 0 Å². The lowest BCUT2D eigenvalue weighted by Gasteiger charge is -2.48. The van der Waals surface area contributed by atoms with E-state index in [4.69, 9.17) is 4.74 Å². The van der Waals surface area contributed by atoms with Gasteiger partial charge in [0.1, 0.15) is 17.4 Å². The van der Waals surface area contributed by atoms with Gasteiger partial charge < -0.3 is 14.2 Å². The average molecular weight is 459 g/mol. The van der Waals surface area contributed by atoms with Crippen LogP contribution in [0.4, 0.5) is 4.39 Å². The molecule has 6 nitrogen and oxygen atoms in total. The number of halogens is 1. The van der Waals surface area contributed by atoms with E-state index in [9.17, 15) is 9.18 Å². The van der Waals surface area contributed by atoms with Crippen molar-refractivity contribution in [3.63, 3.8) is 0 Å². The fourth-order valence-electron chi connectivity index (χ4n) is 4.93. The van der Waals surface area contributed by atoms with Gasteiger partial charge in [-0.15, -0.1) is 0 Å². The average Bonchev–Trinajstić information content (AvgIpc) is 3.26. The summed E-state index contributed by atoms with van der Waals surface area (Å²) < 4.78 is 21.2. The zero-order valence-electron chi connectivity index (χ0n) is 19.6. The Bertz CT molecular complexity index is 1310. The first-order chi connectivity index (χ1) is 16.4. The number of carbonyl (C=O) groups is 1. The molecule has 1 fully saturated rings. The number of amidine groups is 1. The molecule has 7 heteroatoms. The molecule has 3 heterocycles. The number of amides is 1. The summed E-state index contributed by atoms with van der Waals surface area (Å²) in [6, 6.07) is 12.5. The van der Waals surface area contributed by atoms with Crippen molar-refractivity contribution in [1.29, 1.82) is 0 Å². The lowest BCUT2D eigenvalue weighted by Crippen LogP contribution is -2.54. The number of methoxy groups -OCH3 is 1. The maximum Gasteiger partial charge on any atom is 0.250 e. The predicted octanol–water partition coefficient (Wildman–Crippen LogP) is 5.05. The normalized spacial score (nSPS) is 21.4. The first-order valence-electron chi connectivity index (χ1n) is 11.4. The highest BCUT2D eigenvalue weighted by atomic mass is 19.1. The molecule has 174 valence electrons. The number of piperidine rings is 1. The van der Waals surface area contributed by atoms with Crippen molar-refractivity contribution < 1.29 is 13.9 Å². The summed E-state index contributed by atoms with van der Waals surface area (Å²) in [6.45, 7) is 4.78. The number of aromatic nitrogens is 2. The van der Waals surface area contributed by atoms with Crippen LogP contribution in [0.3, 0.4) is 0 Å². The van der Waals surface area contributed by atoms with Crippen molar-refractivity contribution in [2.75, 3.05) is 13.7 Å². The molecule has 1 amide bonds. The first-order valence-corrected chi connectivity index (χ1v) is 11.4. The molecule has 1 saturated heterocycles. The molecule has 0 N–H and O–H groups in total. The number of imidazole rings is 1. The third-order valence-electron chi connectivity index (χ3n) is 6.69. The number of hydrogen-bond acceptors (Lipinski definition) is 4. The van der Waals surface area contributed by atoms with Crippen molar-refractivity contribution in [1.82, 2.24) is 14.5 Å². The molecule has 0 saturated carbocycles. The number of nitrogens with zero attached hydrogens (tertiary/aromatic N) is 4. The van der Waals surface area contributed by atoms with E-state index in [1.807, 2.05) is 42.8 Å². The molecule has 2 aliphatic heterocycles. The maximum absolute atomic E-state index is 13.6. The Labute approximate surface area is 198 Å². The van der Waals surface area contributed by atoms with Crippen molar-refractivity contribution in [3.05, 3.63) is 83.2 Å². The van der Waals surface area contributed by atoms with E-state index in [0.717, 1.165) is 53.2 Å². The van der Waals surface area contributed by atoms with Gasteiger partial charge >= 0.3 is 0 Å². The van der Waals surface area contributed by atoms with Crippen LogP contribution in [0.1, 0.15) is 43.0 Å². The van der Waals surface area contributed by atoms with Crippen molar-refractivity contribution in [3.8, 4) is 11.4 Å². The van der Waals surface area contributed by atoms with Gasteiger partial charge in [0.05, 0.1) is 36.8 Å². The van der Waals surface area contributed by atoms with Crippen molar-refractivity contribution in [2.24, 2.45) is 4.99 Å². The number of aliphatic imine (C=N–C) groups is 1. The topological polar surface area (TPSA) is 59.7 Å². The molecule has 1 aromatic heterocycles. The van der Waals surface area contributed by atoms with E-state index in [-0.39, 0.29) is 18.1 Å². The van der Waals surface area contributed by atoms with Gasteiger partial charge in [-0.05, 0) is 73.7 Å². The maximum atomic E-state index is 13.6. The van der Waals surface area contributed by atoms with Crippen LogP contribution in [0.5, 0.6) is 5.75 Å². The Balaban J connectivity index is 1.52. The highest BCUT2D eigenvalue weighted by Gasteiger charge is 2.43. The third kappa shape index (κ3) is 3.91. The third-order valence-corrected chi connectivity index (χ3v) is 6.69. The summed E-state index contributed by atoms with van der Waals surface area (Å²) in [5, 5.41) is 0. The first kappa shape index (κ1) is 22.1. The SMILES string of the molecule is COc1cc(C=C2CCCN3C2=NC(=O)CC3(C)c2ccc(F)cc2)ccc1-n1cnc(C)c1. The van der Waals surface area contributed by atoms with E-state index in [1.165, 1.54) is 12.1 Å². The lowest BCUT2D eigenvalue weighted by atomic mass is 9.82. The van der Waals surface area contributed by atoms with Gasteiger partial charge in [-0.2, -0.15) is 4.99 Å². The van der Waals surface area contributed by atoms with E-state index in [2.05, 4.69) is 21.0 Å². The smallest absolute Gasteiger partial charge is 0.250 e. The summed E-state index contributed by atoms with van der Waals surface area (Å²) in [5.74, 6) is 1.000. The molecular formula is C27H27FN4O2.